The van der Waals surface area contributed by atoms with E-state index in [0.717, 1.165) is 25.2 Å². The Morgan fingerprint density at radius 1 is 1.19 bits per heavy atom. The van der Waals surface area contributed by atoms with Crippen molar-refractivity contribution in [2.24, 2.45) is 5.92 Å². The number of hydrogen-bond donors (Lipinski definition) is 1. The number of rotatable bonds is 8. The van der Waals surface area contributed by atoms with Gasteiger partial charge in [0.15, 0.2) is 0 Å². The van der Waals surface area contributed by atoms with Crippen LogP contribution in [0, 0.1) is 11.7 Å². The summed E-state index contributed by atoms with van der Waals surface area (Å²) in [5, 5.41) is 2.99. The van der Waals surface area contributed by atoms with E-state index >= 15 is 0 Å². The van der Waals surface area contributed by atoms with Gasteiger partial charge < -0.3 is 10.2 Å². The number of nitrogens with zero attached hydrogens (tertiary/aromatic N) is 2. The lowest BCUT2D eigenvalue weighted by molar-refractivity contribution is 0.0948. The molecule has 9 heteroatoms. The van der Waals surface area contributed by atoms with E-state index in [-0.39, 0.29) is 33.1 Å². The molecule has 0 aromatic heterocycles. The quantitative estimate of drug-likeness (QED) is 0.641. The second-order valence-corrected chi connectivity index (χ2v) is 9.84. The van der Waals surface area contributed by atoms with Gasteiger partial charge >= 0.3 is 0 Å². The summed E-state index contributed by atoms with van der Waals surface area (Å²) in [4.78, 5) is 14.8. The SMILES string of the molecule is CCN(CC)S(=O)(=O)c1cc(C(=O)NCC2CCN(c3ccc(F)cc3)C2)ccc1Cl. The van der Waals surface area contributed by atoms with Gasteiger partial charge in [-0.3, -0.25) is 4.79 Å². The molecule has 1 aliphatic heterocycles. The van der Waals surface area contributed by atoms with E-state index in [4.69, 9.17) is 11.6 Å². The van der Waals surface area contributed by atoms with Crippen molar-refractivity contribution in [3.05, 3.63) is 58.9 Å². The van der Waals surface area contributed by atoms with Gasteiger partial charge in [0.1, 0.15) is 10.7 Å². The van der Waals surface area contributed by atoms with Crippen LogP contribution in [0.1, 0.15) is 30.6 Å². The van der Waals surface area contributed by atoms with E-state index < -0.39 is 10.0 Å². The zero-order valence-corrected chi connectivity index (χ0v) is 19.2. The molecule has 1 atom stereocenters. The Labute approximate surface area is 188 Å². The molecule has 2 aromatic rings. The number of amides is 1. The molecule has 1 aliphatic rings. The maximum Gasteiger partial charge on any atom is 0.251 e. The molecule has 1 amide bonds. The normalized spacial score (nSPS) is 16.7. The van der Waals surface area contributed by atoms with Crippen LogP contribution in [-0.2, 0) is 10.0 Å². The molecule has 31 heavy (non-hydrogen) atoms. The van der Waals surface area contributed by atoms with E-state index in [1.54, 1.807) is 26.0 Å². The van der Waals surface area contributed by atoms with E-state index in [1.807, 2.05) is 0 Å². The fourth-order valence-electron chi connectivity index (χ4n) is 3.77. The van der Waals surface area contributed by atoms with Gasteiger partial charge in [0.05, 0.1) is 5.02 Å². The minimum atomic E-state index is -3.77. The Kier molecular flexibility index (Phi) is 7.56. The molecular formula is C22H27ClFN3O3S. The smallest absolute Gasteiger partial charge is 0.251 e. The maximum atomic E-state index is 13.1. The van der Waals surface area contributed by atoms with Crippen molar-refractivity contribution < 1.29 is 17.6 Å². The lowest BCUT2D eigenvalue weighted by Crippen LogP contribution is -2.32. The highest BCUT2D eigenvalue weighted by molar-refractivity contribution is 7.89. The molecule has 0 aliphatic carbocycles. The van der Waals surface area contributed by atoms with Crippen LogP contribution in [0.4, 0.5) is 10.1 Å². The van der Waals surface area contributed by atoms with Crippen LogP contribution in [0.3, 0.4) is 0 Å². The zero-order valence-electron chi connectivity index (χ0n) is 17.6. The van der Waals surface area contributed by atoms with E-state index in [1.165, 1.54) is 34.6 Å². The van der Waals surface area contributed by atoms with Crippen molar-refractivity contribution in [2.75, 3.05) is 37.6 Å². The van der Waals surface area contributed by atoms with Crippen LogP contribution >= 0.6 is 11.6 Å². The summed E-state index contributed by atoms with van der Waals surface area (Å²) in [6.07, 6.45) is 0.903. The topological polar surface area (TPSA) is 69.7 Å². The van der Waals surface area contributed by atoms with Crippen molar-refractivity contribution in [1.29, 1.82) is 0 Å². The van der Waals surface area contributed by atoms with E-state index in [0.29, 0.717) is 19.6 Å². The summed E-state index contributed by atoms with van der Waals surface area (Å²) < 4.78 is 40.1. The van der Waals surface area contributed by atoms with Gasteiger partial charge in [-0.25, -0.2) is 12.8 Å². The lowest BCUT2D eigenvalue weighted by Gasteiger charge is -2.20. The molecule has 168 valence electrons. The first-order valence-corrected chi connectivity index (χ1v) is 12.2. The van der Waals surface area contributed by atoms with Crippen molar-refractivity contribution in [2.45, 2.75) is 25.2 Å². The number of anilines is 1. The van der Waals surface area contributed by atoms with Gasteiger partial charge in [-0.1, -0.05) is 25.4 Å². The molecule has 0 spiro atoms. The number of sulfonamides is 1. The van der Waals surface area contributed by atoms with Crippen LogP contribution in [0.5, 0.6) is 0 Å². The highest BCUT2D eigenvalue weighted by Gasteiger charge is 2.26. The minimum absolute atomic E-state index is 0.0612. The average Bonchev–Trinajstić information content (AvgIpc) is 3.22. The molecule has 0 radical (unpaired) electrons. The van der Waals surface area contributed by atoms with E-state index in [9.17, 15) is 17.6 Å². The average molecular weight is 468 g/mol. The molecule has 6 nitrogen and oxygen atoms in total. The van der Waals surface area contributed by atoms with Gasteiger partial charge in [0, 0.05) is 44.0 Å². The number of hydrogen-bond acceptors (Lipinski definition) is 4. The monoisotopic (exact) mass is 467 g/mol. The Balaban J connectivity index is 1.64. The van der Waals surface area contributed by atoms with Gasteiger partial charge in [0.2, 0.25) is 10.0 Å². The summed E-state index contributed by atoms with van der Waals surface area (Å²) in [6.45, 7) is 6.20. The van der Waals surface area contributed by atoms with Crippen molar-refractivity contribution in [1.82, 2.24) is 9.62 Å². The van der Waals surface area contributed by atoms with Gasteiger partial charge in [-0.2, -0.15) is 4.31 Å². The maximum absolute atomic E-state index is 13.1. The summed E-state index contributed by atoms with van der Waals surface area (Å²) in [6, 6.07) is 10.7. The standard InChI is InChI=1S/C22H27ClFN3O3S/c1-3-27(4-2)31(29,30)21-13-17(5-10-20(21)23)22(28)25-14-16-11-12-26(15-16)19-8-6-18(24)7-9-19/h5-10,13,16H,3-4,11-12,14-15H2,1-2H3,(H,25,28). The van der Waals surface area contributed by atoms with Gasteiger partial charge in [-0.05, 0) is 54.8 Å². The molecule has 1 unspecified atom stereocenters. The van der Waals surface area contributed by atoms with Gasteiger partial charge in [0.25, 0.3) is 5.91 Å². The molecule has 1 saturated heterocycles. The summed E-state index contributed by atoms with van der Waals surface area (Å²) in [5.41, 5.74) is 1.21. The number of benzene rings is 2. The Bertz CT molecular complexity index is 1030. The predicted octanol–water partition coefficient (Wildman–Crippen LogP) is 3.77. The van der Waals surface area contributed by atoms with Crippen LogP contribution in [0.15, 0.2) is 47.4 Å². The van der Waals surface area contributed by atoms with Crippen LogP contribution in [0.25, 0.3) is 0 Å². The number of nitrogens with one attached hydrogen (secondary N) is 1. The summed E-state index contributed by atoms with van der Waals surface area (Å²) >= 11 is 6.14. The fourth-order valence-corrected chi connectivity index (χ4v) is 5.73. The Morgan fingerprint density at radius 2 is 1.87 bits per heavy atom. The van der Waals surface area contributed by atoms with Crippen molar-refractivity contribution in [3.8, 4) is 0 Å². The molecule has 0 saturated carbocycles. The first kappa shape index (κ1) is 23.5. The third-order valence-corrected chi connectivity index (χ3v) is 8.08. The Hall–Kier alpha value is -2.16. The lowest BCUT2D eigenvalue weighted by atomic mass is 10.1. The fraction of sp³-hybridized carbons (Fsp3) is 0.409. The van der Waals surface area contributed by atoms with E-state index in [2.05, 4.69) is 10.2 Å². The van der Waals surface area contributed by atoms with Gasteiger partial charge in [-0.15, -0.1) is 0 Å². The highest BCUT2D eigenvalue weighted by atomic mass is 35.5. The molecule has 1 fully saturated rings. The molecule has 1 heterocycles. The number of carbonyl (C=O) groups excluding carboxylic acids is 1. The first-order chi connectivity index (χ1) is 14.8. The molecular weight excluding hydrogens is 441 g/mol. The number of carbonyl (C=O) groups is 1. The van der Waals surface area contributed by atoms with Crippen molar-refractivity contribution >= 4 is 33.2 Å². The highest BCUT2D eigenvalue weighted by Crippen LogP contribution is 2.26. The summed E-state index contributed by atoms with van der Waals surface area (Å²) in [5.74, 6) is -0.356. The van der Waals surface area contributed by atoms with Crippen LogP contribution < -0.4 is 10.2 Å². The first-order valence-electron chi connectivity index (χ1n) is 10.3. The predicted molar refractivity (Wildman–Crippen MR) is 121 cm³/mol. The number of halogens is 2. The third kappa shape index (κ3) is 5.37. The Morgan fingerprint density at radius 3 is 2.52 bits per heavy atom. The molecule has 1 N–H and O–H groups in total. The van der Waals surface area contributed by atoms with Crippen LogP contribution in [-0.4, -0.2) is 51.4 Å². The molecule has 2 aromatic carbocycles. The third-order valence-electron chi connectivity index (χ3n) is 5.55. The summed E-state index contributed by atoms with van der Waals surface area (Å²) in [7, 11) is -3.77. The minimum Gasteiger partial charge on any atom is -0.371 e. The van der Waals surface area contributed by atoms with Crippen LogP contribution in [0.2, 0.25) is 5.02 Å². The molecule has 0 bridgehead atoms. The second kappa shape index (κ2) is 9.97. The largest absolute Gasteiger partial charge is 0.371 e. The zero-order chi connectivity index (χ0) is 22.6. The second-order valence-electron chi connectivity index (χ2n) is 7.52. The van der Waals surface area contributed by atoms with Crippen molar-refractivity contribution in [3.63, 3.8) is 0 Å². The molecule has 3 rings (SSSR count).